The maximum absolute atomic E-state index is 10.3. The van der Waals surface area contributed by atoms with Crippen LogP contribution in [0.1, 0.15) is 6.42 Å². The zero-order chi connectivity index (χ0) is 7.11. The average molecular weight is 126 g/mol. The fourth-order valence-corrected chi connectivity index (χ4v) is 0.329. The normalized spacial score (nSPS) is 9.44. The minimum atomic E-state index is -0.322. The van der Waals surface area contributed by atoms with Gasteiger partial charge in [0.15, 0.2) is 0 Å². The molecular formula is C7H10O2. The lowest BCUT2D eigenvalue weighted by Gasteiger charge is -1.86. The molecule has 0 aliphatic carbocycles. The Hall–Kier alpha value is -1.05. The van der Waals surface area contributed by atoms with Gasteiger partial charge in [-0.25, -0.2) is 4.79 Å². The molecule has 0 aromatic carbocycles. The zero-order valence-corrected chi connectivity index (χ0v) is 5.46. The van der Waals surface area contributed by atoms with E-state index in [-0.39, 0.29) is 5.97 Å². The van der Waals surface area contributed by atoms with E-state index in [1.807, 2.05) is 0 Å². The molecule has 0 rings (SSSR count). The Morgan fingerprint density at radius 3 is 2.89 bits per heavy atom. The predicted octanol–water partition coefficient (Wildman–Crippen LogP) is 1.29. The molecule has 0 heterocycles. The van der Waals surface area contributed by atoms with Crippen molar-refractivity contribution in [2.24, 2.45) is 0 Å². The van der Waals surface area contributed by atoms with Crippen LogP contribution in [0.5, 0.6) is 0 Å². The monoisotopic (exact) mass is 126 g/mol. The maximum atomic E-state index is 10.3. The highest BCUT2D eigenvalue weighted by atomic mass is 16.5. The van der Waals surface area contributed by atoms with Gasteiger partial charge in [0, 0.05) is 6.08 Å². The van der Waals surface area contributed by atoms with E-state index in [2.05, 4.69) is 11.3 Å². The fraction of sp³-hybridized carbons (Fsp3) is 0.286. The number of hydrogen-bond donors (Lipinski definition) is 0. The van der Waals surface area contributed by atoms with E-state index < -0.39 is 0 Å². The Morgan fingerprint density at radius 2 is 2.44 bits per heavy atom. The van der Waals surface area contributed by atoms with E-state index in [1.54, 1.807) is 12.2 Å². The number of esters is 1. The Labute approximate surface area is 54.8 Å². The van der Waals surface area contributed by atoms with Crippen molar-refractivity contribution >= 4 is 5.97 Å². The zero-order valence-electron chi connectivity index (χ0n) is 5.46. The van der Waals surface area contributed by atoms with Gasteiger partial charge in [0.25, 0.3) is 0 Å². The first-order chi connectivity index (χ1) is 4.31. The second kappa shape index (κ2) is 5.09. The van der Waals surface area contributed by atoms with E-state index in [4.69, 9.17) is 0 Å². The van der Waals surface area contributed by atoms with Crippen LogP contribution >= 0.6 is 0 Å². The van der Waals surface area contributed by atoms with Crippen molar-refractivity contribution in [3.8, 4) is 0 Å². The molecule has 0 amide bonds. The Kier molecular flexibility index (Phi) is 4.50. The smallest absolute Gasteiger partial charge is 0.330 e. The summed E-state index contributed by atoms with van der Waals surface area (Å²) in [6, 6.07) is 0. The largest absolute Gasteiger partial charge is 0.466 e. The van der Waals surface area contributed by atoms with Gasteiger partial charge < -0.3 is 4.74 Å². The van der Waals surface area contributed by atoms with E-state index in [1.165, 1.54) is 13.2 Å². The highest BCUT2D eigenvalue weighted by molar-refractivity contribution is 5.81. The number of methoxy groups -OCH3 is 1. The van der Waals surface area contributed by atoms with Crippen LogP contribution in [0.2, 0.25) is 0 Å². The summed E-state index contributed by atoms with van der Waals surface area (Å²) in [7, 11) is 1.35. The molecule has 0 saturated heterocycles. The van der Waals surface area contributed by atoms with Gasteiger partial charge in [-0.1, -0.05) is 12.2 Å². The quantitative estimate of drug-likeness (QED) is 0.323. The molecule has 0 N–H and O–H groups in total. The van der Waals surface area contributed by atoms with Gasteiger partial charge in [0.2, 0.25) is 0 Å². The summed E-state index contributed by atoms with van der Waals surface area (Å²) in [6.07, 6.45) is 5.48. The SMILES string of the molecule is C=CCC=CC(=O)OC. The number of rotatable bonds is 3. The lowest BCUT2D eigenvalue weighted by Crippen LogP contribution is -1.92. The number of carbonyl (C=O) groups is 1. The van der Waals surface area contributed by atoms with E-state index >= 15 is 0 Å². The average Bonchev–Trinajstić information content (AvgIpc) is 1.89. The van der Waals surface area contributed by atoms with Crippen molar-refractivity contribution in [3.05, 3.63) is 24.8 Å². The standard InChI is InChI=1S/C7H10O2/c1-3-4-5-6-7(8)9-2/h3,5-6H,1,4H2,2H3. The Morgan fingerprint density at radius 1 is 1.78 bits per heavy atom. The third-order valence-corrected chi connectivity index (χ3v) is 0.758. The summed E-state index contributed by atoms with van der Waals surface area (Å²) in [6.45, 7) is 3.48. The second-order valence-corrected chi connectivity index (χ2v) is 1.45. The first-order valence-electron chi connectivity index (χ1n) is 2.66. The van der Waals surface area contributed by atoms with Crippen molar-refractivity contribution in [2.45, 2.75) is 6.42 Å². The van der Waals surface area contributed by atoms with Crippen molar-refractivity contribution in [1.29, 1.82) is 0 Å². The molecule has 0 radical (unpaired) electrons. The summed E-state index contributed by atoms with van der Waals surface area (Å²) >= 11 is 0. The summed E-state index contributed by atoms with van der Waals surface area (Å²) in [5, 5.41) is 0. The van der Waals surface area contributed by atoms with E-state index in [0.717, 1.165) is 0 Å². The molecule has 0 aliphatic rings. The van der Waals surface area contributed by atoms with Crippen LogP contribution in [-0.2, 0) is 9.53 Å². The third-order valence-electron chi connectivity index (χ3n) is 0.758. The molecular weight excluding hydrogens is 116 g/mol. The van der Waals surface area contributed by atoms with Gasteiger partial charge in [0.05, 0.1) is 7.11 Å². The molecule has 0 aliphatic heterocycles. The number of ether oxygens (including phenoxy) is 1. The first-order valence-corrected chi connectivity index (χ1v) is 2.66. The number of hydrogen-bond acceptors (Lipinski definition) is 2. The van der Waals surface area contributed by atoms with Gasteiger partial charge in [-0.15, -0.1) is 6.58 Å². The molecule has 9 heavy (non-hydrogen) atoms. The molecule has 0 spiro atoms. The summed E-state index contributed by atoms with van der Waals surface area (Å²) < 4.78 is 4.34. The first kappa shape index (κ1) is 7.95. The van der Waals surface area contributed by atoms with Gasteiger partial charge in [-0.05, 0) is 6.42 Å². The molecule has 0 unspecified atom stereocenters. The molecule has 2 heteroatoms. The van der Waals surface area contributed by atoms with Crippen LogP contribution < -0.4 is 0 Å². The predicted molar refractivity (Wildman–Crippen MR) is 36.0 cm³/mol. The number of allylic oxidation sites excluding steroid dienone is 2. The van der Waals surface area contributed by atoms with Crippen molar-refractivity contribution in [1.82, 2.24) is 0 Å². The highest BCUT2D eigenvalue weighted by Gasteiger charge is 1.86. The third kappa shape index (κ3) is 4.81. The lowest BCUT2D eigenvalue weighted by molar-refractivity contribution is -0.134. The molecule has 0 aromatic rings. The van der Waals surface area contributed by atoms with Gasteiger partial charge in [-0.3, -0.25) is 0 Å². The van der Waals surface area contributed by atoms with Crippen LogP contribution in [0.15, 0.2) is 24.8 Å². The summed E-state index contributed by atoms with van der Waals surface area (Å²) in [5.41, 5.74) is 0. The Bertz CT molecular complexity index is 125. The molecule has 2 nitrogen and oxygen atoms in total. The Balaban J connectivity index is 3.43. The second-order valence-electron chi connectivity index (χ2n) is 1.45. The van der Waals surface area contributed by atoms with Gasteiger partial charge >= 0.3 is 5.97 Å². The highest BCUT2D eigenvalue weighted by Crippen LogP contribution is 1.83. The molecule has 0 atom stereocenters. The van der Waals surface area contributed by atoms with Crippen LogP contribution in [0.4, 0.5) is 0 Å². The summed E-state index contributed by atoms with van der Waals surface area (Å²) in [4.78, 5) is 10.3. The molecule has 0 aromatic heterocycles. The lowest BCUT2D eigenvalue weighted by atomic mass is 10.4. The van der Waals surface area contributed by atoms with Crippen LogP contribution in [0.25, 0.3) is 0 Å². The van der Waals surface area contributed by atoms with E-state index in [0.29, 0.717) is 6.42 Å². The van der Waals surface area contributed by atoms with E-state index in [9.17, 15) is 4.79 Å². The fourth-order valence-electron chi connectivity index (χ4n) is 0.329. The van der Waals surface area contributed by atoms with Crippen molar-refractivity contribution in [2.75, 3.05) is 7.11 Å². The molecule has 0 fully saturated rings. The van der Waals surface area contributed by atoms with Crippen LogP contribution in [-0.4, -0.2) is 13.1 Å². The maximum Gasteiger partial charge on any atom is 0.330 e. The van der Waals surface area contributed by atoms with Crippen molar-refractivity contribution in [3.63, 3.8) is 0 Å². The minimum Gasteiger partial charge on any atom is -0.466 e. The topological polar surface area (TPSA) is 26.3 Å². The minimum absolute atomic E-state index is 0.322. The van der Waals surface area contributed by atoms with Crippen molar-refractivity contribution < 1.29 is 9.53 Å². The van der Waals surface area contributed by atoms with Crippen LogP contribution in [0, 0.1) is 0 Å². The van der Waals surface area contributed by atoms with Gasteiger partial charge in [0.1, 0.15) is 0 Å². The molecule has 0 bridgehead atoms. The molecule has 50 valence electrons. The number of carbonyl (C=O) groups excluding carboxylic acids is 1. The summed E-state index contributed by atoms with van der Waals surface area (Å²) in [5.74, 6) is -0.322. The molecule has 0 saturated carbocycles. The van der Waals surface area contributed by atoms with Gasteiger partial charge in [-0.2, -0.15) is 0 Å². The van der Waals surface area contributed by atoms with Crippen LogP contribution in [0.3, 0.4) is 0 Å².